The molecule has 0 aliphatic heterocycles. The van der Waals surface area contributed by atoms with Gasteiger partial charge in [-0.25, -0.2) is 13.2 Å². The van der Waals surface area contributed by atoms with Gasteiger partial charge in [0.1, 0.15) is 17.5 Å². The Kier molecular flexibility index (Phi) is 3.39. The van der Waals surface area contributed by atoms with Crippen LogP contribution in [0.4, 0.5) is 13.2 Å². The molecule has 5 heteroatoms. The van der Waals surface area contributed by atoms with Crippen molar-refractivity contribution < 1.29 is 13.2 Å². The molecule has 18 heavy (non-hydrogen) atoms. The minimum atomic E-state index is -0.821. The zero-order valence-corrected chi connectivity index (χ0v) is 10.4. The van der Waals surface area contributed by atoms with Crippen molar-refractivity contribution in [1.29, 1.82) is 5.26 Å². The largest absolute Gasteiger partial charge is 0.207 e. The molecule has 0 spiro atoms. The van der Waals surface area contributed by atoms with Crippen LogP contribution in [0, 0.1) is 28.8 Å². The van der Waals surface area contributed by atoms with Crippen LogP contribution in [-0.2, 0) is 0 Å². The lowest BCUT2D eigenvalue weighted by Gasteiger charge is -2.08. The number of hydrogen-bond donors (Lipinski definition) is 0. The van der Waals surface area contributed by atoms with Gasteiger partial charge in [0.2, 0.25) is 0 Å². The molecule has 0 aliphatic rings. The highest BCUT2D eigenvalue weighted by molar-refractivity contribution is 9.10. The summed E-state index contributed by atoms with van der Waals surface area (Å²) >= 11 is 2.94. The van der Waals surface area contributed by atoms with Gasteiger partial charge in [0.05, 0.1) is 21.7 Å². The molecule has 0 heterocycles. The number of nitriles is 1. The van der Waals surface area contributed by atoms with E-state index in [2.05, 4.69) is 15.9 Å². The zero-order valence-electron chi connectivity index (χ0n) is 8.85. The Bertz CT molecular complexity index is 662. The smallest absolute Gasteiger partial charge is 0.148 e. The van der Waals surface area contributed by atoms with Gasteiger partial charge >= 0.3 is 0 Å². The van der Waals surface area contributed by atoms with Crippen molar-refractivity contribution >= 4 is 15.9 Å². The molecule has 0 bridgehead atoms. The lowest BCUT2D eigenvalue weighted by Crippen LogP contribution is -1.94. The first-order valence-corrected chi connectivity index (χ1v) is 5.67. The molecular formula is C13H5BrF3N. The van der Waals surface area contributed by atoms with Crippen LogP contribution in [0.1, 0.15) is 5.56 Å². The van der Waals surface area contributed by atoms with Gasteiger partial charge in [0.25, 0.3) is 0 Å². The summed E-state index contributed by atoms with van der Waals surface area (Å²) in [6.07, 6.45) is 0. The lowest BCUT2D eigenvalue weighted by molar-refractivity contribution is 0.585. The van der Waals surface area contributed by atoms with E-state index < -0.39 is 17.5 Å². The minimum absolute atomic E-state index is 0.0233. The van der Waals surface area contributed by atoms with Crippen LogP contribution < -0.4 is 0 Å². The first-order valence-electron chi connectivity index (χ1n) is 4.88. The maximum atomic E-state index is 13.9. The van der Waals surface area contributed by atoms with Crippen molar-refractivity contribution in [2.24, 2.45) is 0 Å². The normalized spacial score (nSPS) is 10.2. The van der Waals surface area contributed by atoms with E-state index in [1.54, 1.807) is 6.07 Å². The summed E-state index contributed by atoms with van der Waals surface area (Å²) in [6.45, 7) is 0. The van der Waals surface area contributed by atoms with Crippen LogP contribution in [-0.4, -0.2) is 0 Å². The summed E-state index contributed by atoms with van der Waals surface area (Å²) in [5.74, 6) is -2.26. The number of hydrogen-bond acceptors (Lipinski definition) is 1. The summed E-state index contributed by atoms with van der Waals surface area (Å²) in [5.41, 5.74) is -0.443. The highest BCUT2D eigenvalue weighted by atomic mass is 79.9. The third kappa shape index (κ3) is 2.12. The molecule has 0 saturated heterocycles. The van der Waals surface area contributed by atoms with E-state index in [9.17, 15) is 13.2 Å². The molecule has 0 radical (unpaired) electrons. The highest BCUT2D eigenvalue weighted by Gasteiger charge is 2.17. The molecule has 0 aromatic heterocycles. The Morgan fingerprint density at radius 1 is 1.06 bits per heavy atom. The molecular weight excluding hydrogens is 307 g/mol. The molecule has 0 fully saturated rings. The second-order valence-electron chi connectivity index (χ2n) is 3.52. The molecule has 2 aromatic carbocycles. The third-order valence-corrected chi connectivity index (χ3v) is 3.03. The predicted octanol–water partition coefficient (Wildman–Crippen LogP) is 4.41. The van der Waals surface area contributed by atoms with Gasteiger partial charge in [-0.05, 0) is 46.3 Å². The van der Waals surface area contributed by atoms with Crippen molar-refractivity contribution in [2.75, 3.05) is 0 Å². The summed E-state index contributed by atoms with van der Waals surface area (Å²) in [7, 11) is 0. The molecule has 0 unspecified atom stereocenters. The Labute approximate surface area is 110 Å². The lowest BCUT2D eigenvalue weighted by atomic mass is 9.99. The van der Waals surface area contributed by atoms with Crippen molar-refractivity contribution in [3.05, 3.63) is 57.8 Å². The molecule has 90 valence electrons. The first-order chi connectivity index (χ1) is 8.54. The number of halogens is 4. The second-order valence-corrected chi connectivity index (χ2v) is 4.37. The third-order valence-electron chi connectivity index (χ3n) is 2.42. The summed E-state index contributed by atoms with van der Waals surface area (Å²) < 4.78 is 40.6. The molecule has 0 atom stereocenters. The van der Waals surface area contributed by atoms with Crippen LogP contribution in [0.15, 0.2) is 34.8 Å². The first kappa shape index (κ1) is 12.7. The number of nitrogens with zero attached hydrogens (tertiary/aromatic N) is 1. The average Bonchev–Trinajstić information content (AvgIpc) is 2.36. The van der Waals surface area contributed by atoms with E-state index in [4.69, 9.17) is 5.26 Å². The summed E-state index contributed by atoms with van der Waals surface area (Å²) in [4.78, 5) is 0. The van der Waals surface area contributed by atoms with Crippen LogP contribution in [0.5, 0.6) is 0 Å². The van der Waals surface area contributed by atoms with Crippen LogP contribution >= 0.6 is 15.9 Å². The molecule has 0 aliphatic carbocycles. The summed E-state index contributed by atoms with van der Waals surface area (Å²) in [6, 6.07) is 7.20. The highest BCUT2D eigenvalue weighted by Crippen LogP contribution is 2.32. The molecule has 0 saturated carbocycles. The van der Waals surface area contributed by atoms with Gasteiger partial charge in [0.15, 0.2) is 0 Å². The fraction of sp³-hybridized carbons (Fsp3) is 0. The topological polar surface area (TPSA) is 23.8 Å². The minimum Gasteiger partial charge on any atom is -0.207 e. The predicted molar refractivity (Wildman–Crippen MR) is 64.2 cm³/mol. The fourth-order valence-corrected chi connectivity index (χ4v) is 1.93. The Morgan fingerprint density at radius 3 is 2.44 bits per heavy atom. The number of benzene rings is 2. The van der Waals surface area contributed by atoms with Gasteiger partial charge in [-0.2, -0.15) is 5.26 Å². The van der Waals surface area contributed by atoms with Gasteiger partial charge in [-0.15, -0.1) is 0 Å². The van der Waals surface area contributed by atoms with E-state index in [1.165, 1.54) is 12.1 Å². The average molecular weight is 312 g/mol. The van der Waals surface area contributed by atoms with Crippen LogP contribution in [0.3, 0.4) is 0 Å². The molecule has 0 N–H and O–H groups in total. The SMILES string of the molecule is N#Cc1cc(F)ccc1-c1c(F)ccc(Br)c1F. The Hall–Kier alpha value is -1.80. The molecule has 2 rings (SSSR count). The van der Waals surface area contributed by atoms with Crippen molar-refractivity contribution in [3.63, 3.8) is 0 Å². The van der Waals surface area contributed by atoms with Crippen LogP contribution in [0.2, 0.25) is 0 Å². The Balaban J connectivity index is 2.78. The van der Waals surface area contributed by atoms with Gasteiger partial charge in [-0.3, -0.25) is 0 Å². The number of rotatable bonds is 1. The van der Waals surface area contributed by atoms with Crippen molar-refractivity contribution in [1.82, 2.24) is 0 Å². The van der Waals surface area contributed by atoms with E-state index >= 15 is 0 Å². The second kappa shape index (κ2) is 4.83. The van der Waals surface area contributed by atoms with E-state index in [1.807, 2.05) is 0 Å². The zero-order chi connectivity index (χ0) is 13.3. The quantitative estimate of drug-likeness (QED) is 0.716. The molecule has 0 amide bonds. The molecule has 1 nitrogen and oxygen atoms in total. The monoisotopic (exact) mass is 311 g/mol. The van der Waals surface area contributed by atoms with Gasteiger partial charge in [-0.1, -0.05) is 0 Å². The maximum Gasteiger partial charge on any atom is 0.148 e. The van der Waals surface area contributed by atoms with Gasteiger partial charge < -0.3 is 0 Å². The Morgan fingerprint density at radius 2 is 1.78 bits per heavy atom. The summed E-state index contributed by atoms with van der Waals surface area (Å²) in [5, 5.41) is 8.88. The van der Waals surface area contributed by atoms with E-state index in [-0.39, 0.29) is 21.2 Å². The van der Waals surface area contributed by atoms with Crippen molar-refractivity contribution in [3.8, 4) is 17.2 Å². The molecule has 2 aromatic rings. The van der Waals surface area contributed by atoms with Gasteiger partial charge in [0, 0.05) is 5.56 Å². The van der Waals surface area contributed by atoms with Crippen molar-refractivity contribution in [2.45, 2.75) is 0 Å². The maximum absolute atomic E-state index is 13.9. The van der Waals surface area contributed by atoms with Crippen LogP contribution in [0.25, 0.3) is 11.1 Å². The van der Waals surface area contributed by atoms with E-state index in [0.29, 0.717) is 0 Å². The van der Waals surface area contributed by atoms with E-state index in [0.717, 1.165) is 18.2 Å². The fourth-order valence-electron chi connectivity index (χ4n) is 1.60. The standard InChI is InChI=1S/C13H5BrF3N/c14-10-3-4-11(16)12(13(10)17)9-2-1-8(15)5-7(9)6-18/h1-5H.